The molecule has 0 aliphatic carbocycles. The van der Waals surface area contributed by atoms with Gasteiger partial charge in [-0.3, -0.25) is 9.69 Å². The Hall–Kier alpha value is -2.13. The fourth-order valence-electron chi connectivity index (χ4n) is 2.91. The van der Waals surface area contributed by atoms with Gasteiger partial charge in [0, 0.05) is 13.1 Å². The second-order valence-corrected chi connectivity index (χ2v) is 5.72. The van der Waals surface area contributed by atoms with E-state index in [4.69, 9.17) is 0 Å². The summed E-state index contributed by atoms with van der Waals surface area (Å²) in [6.45, 7) is 3.42. The molecular weight excluding hydrogens is 262 g/mol. The summed E-state index contributed by atoms with van der Waals surface area (Å²) in [4.78, 5) is 13.6. The maximum Gasteiger partial charge on any atom is 0.321 e. The van der Waals surface area contributed by atoms with Crippen molar-refractivity contribution in [1.82, 2.24) is 4.90 Å². The van der Waals surface area contributed by atoms with Crippen LogP contribution in [0.25, 0.3) is 0 Å². The first-order valence-corrected chi connectivity index (χ1v) is 7.22. The number of fused-ring (bicyclic) bond motifs is 1. The van der Waals surface area contributed by atoms with Crippen molar-refractivity contribution in [1.29, 1.82) is 0 Å². The van der Waals surface area contributed by atoms with Crippen molar-refractivity contribution in [3.63, 3.8) is 0 Å². The van der Waals surface area contributed by atoms with Crippen LogP contribution in [0.2, 0.25) is 0 Å². The van der Waals surface area contributed by atoms with Gasteiger partial charge in [-0.1, -0.05) is 54.1 Å². The molecule has 2 aromatic rings. The molecule has 0 bridgehead atoms. The predicted molar refractivity (Wildman–Crippen MR) is 82.0 cm³/mol. The second kappa shape index (κ2) is 5.70. The topological polar surface area (TPSA) is 40.5 Å². The number of carboxylic acids is 1. The molecule has 0 saturated heterocycles. The van der Waals surface area contributed by atoms with Gasteiger partial charge in [0.15, 0.2) is 0 Å². The van der Waals surface area contributed by atoms with Crippen molar-refractivity contribution < 1.29 is 9.90 Å². The molecule has 0 saturated carbocycles. The summed E-state index contributed by atoms with van der Waals surface area (Å²) >= 11 is 0. The molecule has 1 aliphatic rings. The smallest absolute Gasteiger partial charge is 0.321 e. The minimum atomic E-state index is -0.739. The maximum absolute atomic E-state index is 11.6. The predicted octanol–water partition coefficient (Wildman–Crippen LogP) is 3.01. The molecular formula is C18H19NO2. The van der Waals surface area contributed by atoms with Crippen molar-refractivity contribution >= 4 is 5.97 Å². The van der Waals surface area contributed by atoms with Crippen LogP contribution in [0.4, 0.5) is 0 Å². The average molecular weight is 281 g/mol. The number of nitrogens with zero attached hydrogens (tertiary/aromatic N) is 1. The Morgan fingerprint density at radius 3 is 2.48 bits per heavy atom. The second-order valence-electron chi connectivity index (χ2n) is 5.72. The third-order valence-corrected chi connectivity index (χ3v) is 4.14. The van der Waals surface area contributed by atoms with Gasteiger partial charge in [0.05, 0.1) is 0 Å². The third-order valence-electron chi connectivity index (χ3n) is 4.14. The first kappa shape index (κ1) is 13.8. The molecule has 1 aliphatic heterocycles. The van der Waals surface area contributed by atoms with Crippen LogP contribution < -0.4 is 0 Å². The Kier molecular flexibility index (Phi) is 3.76. The monoisotopic (exact) mass is 281 g/mol. The van der Waals surface area contributed by atoms with Gasteiger partial charge in [-0.15, -0.1) is 0 Å². The minimum Gasteiger partial charge on any atom is -0.480 e. The molecule has 1 unspecified atom stereocenters. The first-order valence-electron chi connectivity index (χ1n) is 7.22. The fourth-order valence-corrected chi connectivity index (χ4v) is 2.91. The van der Waals surface area contributed by atoms with Gasteiger partial charge in [0.1, 0.15) is 6.04 Å². The van der Waals surface area contributed by atoms with Gasteiger partial charge < -0.3 is 5.11 Å². The van der Waals surface area contributed by atoms with Gasteiger partial charge in [0.2, 0.25) is 0 Å². The largest absolute Gasteiger partial charge is 0.480 e. The van der Waals surface area contributed by atoms with E-state index in [1.54, 1.807) is 0 Å². The van der Waals surface area contributed by atoms with Crippen LogP contribution in [0.15, 0.2) is 48.5 Å². The molecule has 21 heavy (non-hydrogen) atoms. The molecule has 3 nitrogen and oxygen atoms in total. The highest BCUT2D eigenvalue weighted by Gasteiger charge is 2.31. The Bertz CT molecular complexity index is 649. The summed E-state index contributed by atoms with van der Waals surface area (Å²) in [6.07, 6.45) is 0.581. The van der Waals surface area contributed by atoms with Gasteiger partial charge in [0.25, 0.3) is 0 Å². The van der Waals surface area contributed by atoms with E-state index in [0.29, 0.717) is 19.5 Å². The van der Waals surface area contributed by atoms with Crippen LogP contribution in [-0.4, -0.2) is 22.0 Å². The summed E-state index contributed by atoms with van der Waals surface area (Å²) in [7, 11) is 0. The fraction of sp³-hybridized carbons (Fsp3) is 0.278. The molecule has 0 amide bonds. The lowest BCUT2D eigenvalue weighted by Crippen LogP contribution is -2.44. The van der Waals surface area contributed by atoms with Crippen molar-refractivity contribution in [2.75, 3.05) is 0 Å². The zero-order valence-electron chi connectivity index (χ0n) is 12.1. The third kappa shape index (κ3) is 2.98. The Labute approximate surface area is 124 Å². The summed E-state index contributed by atoms with van der Waals surface area (Å²) < 4.78 is 0. The lowest BCUT2D eigenvalue weighted by Gasteiger charge is -2.34. The molecule has 0 radical (unpaired) electrons. The maximum atomic E-state index is 11.6. The molecule has 0 spiro atoms. The zero-order chi connectivity index (χ0) is 14.8. The Morgan fingerprint density at radius 2 is 1.81 bits per heavy atom. The van der Waals surface area contributed by atoms with E-state index >= 15 is 0 Å². The number of hydrogen-bond acceptors (Lipinski definition) is 2. The van der Waals surface area contributed by atoms with Gasteiger partial charge in [-0.25, -0.2) is 0 Å². The van der Waals surface area contributed by atoms with Crippen molar-refractivity contribution in [2.45, 2.75) is 32.5 Å². The van der Waals surface area contributed by atoms with Crippen LogP contribution in [0, 0.1) is 6.92 Å². The number of hydrogen-bond donors (Lipinski definition) is 1. The van der Waals surface area contributed by atoms with E-state index in [9.17, 15) is 9.90 Å². The highest BCUT2D eigenvalue weighted by Crippen LogP contribution is 2.25. The zero-order valence-corrected chi connectivity index (χ0v) is 12.1. The van der Waals surface area contributed by atoms with E-state index in [1.165, 1.54) is 11.1 Å². The highest BCUT2D eigenvalue weighted by atomic mass is 16.4. The average Bonchev–Trinajstić information content (AvgIpc) is 2.48. The van der Waals surface area contributed by atoms with Gasteiger partial charge >= 0.3 is 5.97 Å². The standard InChI is InChI=1S/C18H19NO2/c1-13-6-8-14(9-7-13)11-19-12-16-5-3-2-4-15(16)10-17(19)18(20)21/h2-9,17H,10-12H2,1H3,(H,20,21). The molecule has 3 heteroatoms. The first-order chi connectivity index (χ1) is 10.1. The molecule has 1 atom stereocenters. The van der Waals surface area contributed by atoms with Gasteiger partial charge in [-0.2, -0.15) is 0 Å². The van der Waals surface area contributed by atoms with E-state index in [-0.39, 0.29) is 0 Å². The van der Waals surface area contributed by atoms with E-state index in [1.807, 2.05) is 18.2 Å². The van der Waals surface area contributed by atoms with Crippen LogP contribution in [0.3, 0.4) is 0 Å². The number of carbonyl (C=O) groups is 1. The lowest BCUT2D eigenvalue weighted by molar-refractivity contribution is -0.144. The molecule has 2 aromatic carbocycles. The number of rotatable bonds is 3. The summed E-state index contributed by atoms with van der Waals surface area (Å²) in [5, 5.41) is 9.51. The number of benzene rings is 2. The molecule has 1 N–H and O–H groups in total. The highest BCUT2D eigenvalue weighted by molar-refractivity contribution is 5.74. The summed E-state index contributed by atoms with van der Waals surface area (Å²) in [6, 6.07) is 16.0. The summed E-state index contributed by atoms with van der Waals surface area (Å²) in [5.41, 5.74) is 4.77. The van der Waals surface area contributed by atoms with Crippen LogP contribution >= 0.6 is 0 Å². The van der Waals surface area contributed by atoms with E-state index in [0.717, 1.165) is 11.1 Å². The molecule has 108 valence electrons. The van der Waals surface area contributed by atoms with E-state index < -0.39 is 12.0 Å². The Balaban J connectivity index is 1.85. The van der Waals surface area contributed by atoms with Gasteiger partial charge in [-0.05, 0) is 30.0 Å². The lowest BCUT2D eigenvalue weighted by atomic mass is 9.93. The van der Waals surface area contributed by atoms with Crippen molar-refractivity contribution in [2.24, 2.45) is 0 Å². The quantitative estimate of drug-likeness (QED) is 0.940. The number of carboxylic acid groups (broad SMARTS) is 1. The van der Waals surface area contributed by atoms with Crippen LogP contribution in [-0.2, 0) is 24.3 Å². The van der Waals surface area contributed by atoms with Crippen LogP contribution in [0.5, 0.6) is 0 Å². The Morgan fingerprint density at radius 1 is 1.14 bits per heavy atom. The molecule has 0 fully saturated rings. The van der Waals surface area contributed by atoms with Crippen molar-refractivity contribution in [3.05, 3.63) is 70.8 Å². The minimum absolute atomic E-state index is 0.443. The number of aliphatic carboxylic acids is 1. The molecule has 3 rings (SSSR count). The molecule has 1 heterocycles. The molecule has 0 aromatic heterocycles. The normalized spacial score (nSPS) is 18.2. The van der Waals surface area contributed by atoms with Crippen molar-refractivity contribution in [3.8, 4) is 0 Å². The SMILES string of the molecule is Cc1ccc(CN2Cc3ccccc3CC2C(=O)O)cc1. The number of aryl methyl sites for hydroxylation is 1. The van der Waals surface area contributed by atoms with E-state index in [2.05, 4.69) is 42.2 Å². The summed E-state index contributed by atoms with van der Waals surface area (Å²) in [5.74, 6) is -0.739. The van der Waals surface area contributed by atoms with Crippen LogP contribution in [0.1, 0.15) is 22.3 Å².